The van der Waals surface area contributed by atoms with Crippen molar-refractivity contribution in [3.63, 3.8) is 0 Å². The van der Waals surface area contributed by atoms with Gasteiger partial charge in [-0.3, -0.25) is 9.59 Å². The first kappa shape index (κ1) is 18.4. The molecule has 146 valence electrons. The number of fused-ring (bicyclic) bond motifs is 1. The molecule has 0 saturated carbocycles. The van der Waals surface area contributed by atoms with Gasteiger partial charge in [0.25, 0.3) is 11.8 Å². The van der Waals surface area contributed by atoms with Gasteiger partial charge in [-0.2, -0.15) is 0 Å². The molecule has 7 nitrogen and oxygen atoms in total. The lowest BCUT2D eigenvalue weighted by Crippen LogP contribution is -2.39. The number of benzene rings is 1. The number of rotatable bonds is 4. The van der Waals surface area contributed by atoms with Gasteiger partial charge in [0.05, 0.1) is 6.61 Å². The van der Waals surface area contributed by atoms with E-state index in [1.165, 1.54) is 12.4 Å². The van der Waals surface area contributed by atoms with Crippen LogP contribution in [0.5, 0.6) is 5.75 Å². The Bertz CT molecular complexity index is 864. The maximum absolute atomic E-state index is 12.8. The minimum Gasteiger partial charge on any atom is -0.493 e. The zero-order valence-electron chi connectivity index (χ0n) is 15.8. The van der Waals surface area contributed by atoms with Crippen molar-refractivity contribution in [2.45, 2.75) is 25.7 Å². The molecule has 3 heterocycles. The second kappa shape index (κ2) is 8.37. The summed E-state index contributed by atoms with van der Waals surface area (Å²) in [5, 5.41) is 2.91. The Morgan fingerprint density at radius 1 is 1.07 bits per heavy atom. The van der Waals surface area contributed by atoms with Crippen LogP contribution in [0.4, 0.5) is 0 Å². The molecule has 1 N–H and O–H groups in total. The van der Waals surface area contributed by atoms with Crippen LogP contribution in [0.1, 0.15) is 45.8 Å². The molecule has 1 atom stereocenters. The van der Waals surface area contributed by atoms with Crippen molar-refractivity contribution in [3.05, 3.63) is 53.6 Å². The molecule has 28 heavy (non-hydrogen) atoms. The first-order valence-corrected chi connectivity index (χ1v) is 9.81. The molecule has 0 aliphatic carbocycles. The van der Waals surface area contributed by atoms with Crippen molar-refractivity contribution < 1.29 is 14.3 Å². The van der Waals surface area contributed by atoms with E-state index in [1.807, 2.05) is 24.3 Å². The van der Waals surface area contributed by atoms with E-state index in [1.54, 1.807) is 4.90 Å². The second-order valence-electron chi connectivity index (χ2n) is 7.31. The minimum atomic E-state index is -0.368. The minimum absolute atomic E-state index is 0.0928. The molecule has 1 fully saturated rings. The van der Waals surface area contributed by atoms with E-state index in [0.717, 1.165) is 37.0 Å². The van der Waals surface area contributed by atoms with Crippen LogP contribution in [-0.4, -0.2) is 52.9 Å². The highest BCUT2D eigenvalue weighted by molar-refractivity contribution is 6.04. The maximum atomic E-state index is 12.8. The molecule has 0 spiro atoms. The number of hydrogen-bond acceptors (Lipinski definition) is 5. The Labute approximate surface area is 164 Å². The topological polar surface area (TPSA) is 84.4 Å². The molecule has 7 heteroatoms. The number of para-hydroxylation sites is 1. The van der Waals surface area contributed by atoms with Crippen molar-refractivity contribution in [3.8, 4) is 5.75 Å². The van der Waals surface area contributed by atoms with Gasteiger partial charge in [-0.25, -0.2) is 9.97 Å². The highest BCUT2D eigenvalue weighted by Gasteiger charge is 2.26. The number of carbonyl (C=O) groups excluding carboxylic acids is 2. The Morgan fingerprint density at radius 3 is 2.64 bits per heavy atom. The molecule has 2 aliphatic heterocycles. The predicted molar refractivity (Wildman–Crippen MR) is 103 cm³/mol. The molecule has 2 aliphatic rings. The van der Waals surface area contributed by atoms with Gasteiger partial charge in [0.1, 0.15) is 5.75 Å². The van der Waals surface area contributed by atoms with Gasteiger partial charge in [-0.05, 0) is 37.3 Å². The van der Waals surface area contributed by atoms with E-state index in [-0.39, 0.29) is 29.1 Å². The molecular formula is C21H24N4O3. The standard InChI is InChI=1S/C21H24N4O3/c26-20(24-13-15-12-16-6-2-3-7-17(16)28-14-15)18-19(23-9-8-22-18)21(27)25-10-4-1-5-11-25/h2-3,6-9,15H,1,4-5,10-14H2,(H,24,26). The maximum Gasteiger partial charge on any atom is 0.274 e. The normalized spacial score (nSPS) is 18.7. The number of nitrogens with one attached hydrogen (secondary N) is 1. The Balaban J connectivity index is 1.41. The number of amides is 2. The zero-order chi connectivity index (χ0) is 19.3. The number of aromatic nitrogens is 2. The van der Waals surface area contributed by atoms with Crippen LogP contribution in [0.2, 0.25) is 0 Å². The molecule has 1 saturated heterocycles. The number of likely N-dealkylation sites (tertiary alicyclic amines) is 1. The largest absolute Gasteiger partial charge is 0.493 e. The van der Waals surface area contributed by atoms with Gasteiger partial charge in [-0.15, -0.1) is 0 Å². The third-order valence-corrected chi connectivity index (χ3v) is 5.27. The van der Waals surface area contributed by atoms with Crippen LogP contribution in [0.15, 0.2) is 36.7 Å². The summed E-state index contributed by atoms with van der Waals surface area (Å²) in [7, 11) is 0. The Kier molecular flexibility index (Phi) is 5.50. The number of nitrogens with zero attached hydrogens (tertiary/aromatic N) is 3. The summed E-state index contributed by atoms with van der Waals surface area (Å²) in [5.74, 6) is 0.505. The summed E-state index contributed by atoms with van der Waals surface area (Å²) < 4.78 is 5.78. The average Bonchev–Trinajstić information content (AvgIpc) is 2.77. The van der Waals surface area contributed by atoms with Gasteiger partial charge < -0.3 is 15.0 Å². The summed E-state index contributed by atoms with van der Waals surface area (Å²) in [4.78, 5) is 35.6. The van der Waals surface area contributed by atoms with E-state index >= 15 is 0 Å². The predicted octanol–water partition coefficient (Wildman–Crippen LogP) is 2.08. The van der Waals surface area contributed by atoms with Gasteiger partial charge in [0.15, 0.2) is 11.4 Å². The molecule has 2 amide bonds. The number of carbonyl (C=O) groups is 2. The van der Waals surface area contributed by atoms with E-state index in [4.69, 9.17) is 4.74 Å². The molecule has 2 aromatic rings. The summed E-state index contributed by atoms with van der Waals surface area (Å²) in [5.41, 5.74) is 1.37. The quantitative estimate of drug-likeness (QED) is 0.878. The van der Waals surface area contributed by atoms with Crippen LogP contribution < -0.4 is 10.1 Å². The second-order valence-corrected chi connectivity index (χ2v) is 7.31. The fourth-order valence-corrected chi connectivity index (χ4v) is 3.75. The van der Waals surface area contributed by atoms with Crippen LogP contribution in [-0.2, 0) is 6.42 Å². The highest BCUT2D eigenvalue weighted by atomic mass is 16.5. The lowest BCUT2D eigenvalue weighted by atomic mass is 9.97. The third-order valence-electron chi connectivity index (χ3n) is 5.27. The molecule has 4 rings (SSSR count). The van der Waals surface area contributed by atoms with Crippen molar-refractivity contribution in [1.29, 1.82) is 0 Å². The summed E-state index contributed by atoms with van der Waals surface area (Å²) in [6.07, 6.45) is 6.84. The first-order valence-electron chi connectivity index (χ1n) is 9.81. The lowest BCUT2D eigenvalue weighted by molar-refractivity contribution is 0.0710. The summed E-state index contributed by atoms with van der Waals surface area (Å²) in [6.45, 7) is 2.42. The monoisotopic (exact) mass is 380 g/mol. The van der Waals surface area contributed by atoms with Crippen molar-refractivity contribution in [2.24, 2.45) is 5.92 Å². The van der Waals surface area contributed by atoms with E-state index in [0.29, 0.717) is 26.2 Å². The van der Waals surface area contributed by atoms with Crippen LogP contribution >= 0.6 is 0 Å². The fourth-order valence-electron chi connectivity index (χ4n) is 3.75. The van der Waals surface area contributed by atoms with Gasteiger partial charge in [0.2, 0.25) is 0 Å². The van der Waals surface area contributed by atoms with Crippen molar-refractivity contribution >= 4 is 11.8 Å². The van der Waals surface area contributed by atoms with Crippen LogP contribution in [0, 0.1) is 5.92 Å². The molecule has 1 aromatic carbocycles. The van der Waals surface area contributed by atoms with E-state index in [9.17, 15) is 9.59 Å². The Morgan fingerprint density at radius 2 is 1.82 bits per heavy atom. The third kappa shape index (κ3) is 3.98. The Hall–Kier alpha value is -2.96. The number of hydrogen-bond donors (Lipinski definition) is 1. The number of piperidine rings is 1. The van der Waals surface area contributed by atoms with Gasteiger partial charge in [0, 0.05) is 37.9 Å². The van der Waals surface area contributed by atoms with Gasteiger partial charge in [-0.1, -0.05) is 18.2 Å². The van der Waals surface area contributed by atoms with E-state index in [2.05, 4.69) is 15.3 Å². The smallest absolute Gasteiger partial charge is 0.274 e. The molecular weight excluding hydrogens is 356 g/mol. The molecule has 0 radical (unpaired) electrons. The average molecular weight is 380 g/mol. The molecule has 1 aromatic heterocycles. The molecule has 1 unspecified atom stereocenters. The lowest BCUT2D eigenvalue weighted by Gasteiger charge is -2.27. The van der Waals surface area contributed by atoms with Crippen molar-refractivity contribution in [2.75, 3.05) is 26.2 Å². The van der Waals surface area contributed by atoms with Crippen molar-refractivity contribution in [1.82, 2.24) is 20.2 Å². The first-order chi connectivity index (χ1) is 13.7. The summed E-state index contributed by atoms with van der Waals surface area (Å²) >= 11 is 0. The van der Waals surface area contributed by atoms with Crippen LogP contribution in [0.25, 0.3) is 0 Å². The highest BCUT2D eigenvalue weighted by Crippen LogP contribution is 2.26. The summed E-state index contributed by atoms with van der Waals surface area (Å²) in [6, 6.07) is 7.95. The van der Waals surface area contributed by atoms with E-state index < -0.39 is 0 Å². The van der Waals surface area contributed by atoms with Gasteiger partial charge >= 0.3 is 0 Å². The zero-order valence-corrected chi connectivity index (χ0v) is 15.8. The SMILES string of the molecule is O=C(NCC1COc2ccccc2C1)c1nccnc1C(=O)N1CCCCC1. The number of ether oxygens (including phenoxy) is 1. The van der Waals surface area contributed by atoms with Crippen LogP contribution in [0.3, 0.4) is 0 Å². The molecule has 0 bridgehead atoms. The fraction of sp³-hybridized carbons (Fsp3) is 0.429.